The number of para-hydroxylation sites is 1. The van der Waals surface area contributed by atoms with Crippen molar-refractivity contribution in [1.82, 2.24) is 9.78 Å². The van der Waals surface area contributed by atoms with Crippen molar-refractivity contribution in [2.24, 2.45) is 0 Å². The van der Waals surface area contributed by atoms with Gasteiger partial charge >= 0.3 is 0 Å². The van der Waals surface area contributed by atoms with Gasteiger partial charge in [-0.15, -0.1) is 0 Å². The van der Waals surface area contributed by atoms with Gasteiger partial charge in [-0.25, -0.2) is 9.07 Å². The molecule has 0 aliphatic carbocycles. The maximum atomic E-state index is 13.6. The van der Waals surface area contributed by atoms with E-state index in [-0.39, 0.29) is 5.82 Å². The van der Waals surface area contributed by atoms with Crippen LogP contribution in [0.2, 0.25) is 0 Å². The molecule has 0 bridgehead atoms. The van der Waals surface area contributed by atoms with Gasteiger partial charge in [-0.05, 0) is 40.2 Å². The van der Waals surface area contributed by atoms with E-state index in [2.05, 4.69) is 21.0 Å². The average Bonchev–Trinajstić information content (AvgIpc) is 2.85. The number of hydrogen-bond donors (Lipinski definition) is 1. The van der Waals surface area contributed by atoms with E-state index in [0.29, 0.717) is 21.5 Å². The fourth-order valence-corrected chi connectivity index (χ4v) is 2.21. The summed E-state index contributed by atoms with van der Waals surface area (Å²) in [7, 11) is 0. The fraction of sp³-hybridized carbons (Fsp3) is 0. The summed E-state index contributed by atoms with van der Waals surface area (Å²) in [5.41, 5.74) is 8.17. The summed E-state index contributed by atoms with van der Waals surface area (Å²) in [6.45, 7) is 0. The van der Waals surface area contributed by atoms with Crippen LogP contribution in [0.5, 0.6) is 0 Å². The van der Waals surface area contributed by atoms with Crippen molar-refractivity contribution in [3.05, 3.63) is 64.9 Å². The number of aromatic nitrogens is 2. The third-order valence-corrected chi connectivity index (χ3v) is 3.60. The lowest BCUT2D eigenvalue weighted by Gasteiger charge is -2.02. The number of benzene rings is 2. The van der Waals surface area contributed by atoms with Gasteiger partial charge in [-0.3, -0.25) is 0 Å². The molecule has 1 aromatic heterocycles. The van der Waals surface area contributed by atoms with Gasteiger partial charge in [-0.1, -0.05) is 24.3 Å². The molecular formula is C15H11BrFN3. The van der Waals surface area contributed by atoms with Crippen LogP contribution in [0.15, 0.2) is 59.1 Å². The van der Waals surface area contributed by atoms with Gasteiger partial charge in [0.05, 0.1) is 15.9 Å². The van der Waals surface area contributed by atoms with Gasteiger partial charge in [-0.2, -0.15) is 5.10 Å². The SMILES string of the molecule is Nc1cc(-c2ccc(Br)c(F)c2)nn1-c1ccccc1. The van der Waals surface area contributed by atoms with Gasteiger partial charge in [0.15, 0.2) is 0 Å². The lowest BCUT2D eigenvalue weighted by atomic mass is 10.1. The monoisotopic (exact) mass is 331 g/mol. The van der Waals surface area contributed by atoms with E-state index < -0.39 is 0 Å². The Morgan fingerprint density at radius 2 is 1.80 bits per heavy atom. The highest BCUT2D eigenvalue weighted by molar-refractivity contribution is 9.10. The van der Waals surface area contributed by atoms with E-state index in [4.69, 9.17) is 5.73 Å². The van der Waals surface area contributed by atoms with Crippen molar-refractivity contribution < 1.29 is 4.39 Å². The molecule has 1 heterocycles. The van der Waals surface area contributed by atoms with Crippen molar-refractivity contribution in [2.45, 2.75) is 0 Å². The number of hydrogen-bond acceptors (Lipinski definition) is 2. The summed E-state index contributed by atoms with van der Waals surface area (Å²) in [4.78, 5) is 0. The number of halogens is 2. The molecule has 2 N–H and O–H groups in total. The summed E-state index contributed by atoms with van der Waals surface area (Å²) in [6.07, 6.45) is 0. The third kappa shape index (κ3) is 2.32. The zero-order valence-electron chi connectivity index (χ0n) is 10.4. The van der Waals surface area contributed by atoms with Crippen LogP contribution < -0.4 is 5.73 Å². The Bertz CT molecular complexity index is 753. The normalized spacial score (nSPS) is 10.7. The first-order valence-corrected chi connectivity index (χ1v) is 6.81. The Kier molecular flexibility index (Phi) is 3.28. The average molecular weight is 332 g/mol. The predicted octanol–water partition coefficient (Wildman–Crippen LogP) is 4.02. The first kappa shape index (κ1) is 12.9. The molecule has 0 radical (unpaired) electrons. The predicted molar refractivity (Wildman–Crippen MR) is 81.1 cm³/mol. The van der Waals surface area contributed by atoms with Crippen LogP contribution in [0.4, 0.5) is 10.2 Å². The second-order valence-corrected chi connectivity index (χ2v) is 5.19. The number of nitrogen functional groups attached to an aromatic ring is 1. The summed E-state index contributed by atoms with van der Waals surface area (Å²) in [5.74, 6) is 0.185. The molecule has 0 amide bonds. The molecule has 100 valence electrons. The van der Waals surface area contributed by atoms with E-state index in [1.54, 1.807) is 22.9 Å². The van der Waals surface area contributed by atoms with Crippen LogP contribution >= 0.6 is 15.9 Å². The van der Waals surface area contributed by atoms with Crippen molar-refractivity contribution >= 4 is 21.7 Å². The summed E-state index contributed by atoms with van der Waals surface area (Å²) < 4.78 is 15.6. The minimum absolute atomic E-state index is 0.324. The topological polar surface area (TPSA) is 43.8 Å². The molecule has 0 aliphatic rings. The Balaban J connectivity index is 2.06. The highest BCUT2D eigenvalue weighted by Gasteiger charge is 2.10. The van der Waals surface area contributed by atoms with Crippen LogP contribution in [0, 0.1) is 5.82 Å². The van der Waals surface area contributed by atoms with Gasteiger partial charge in [0.25, 0.3) is 0 Å². The molecule has 0 spiro atoms. The van der Waals surface area contributed by atoms with E-state index >= 15 is 0 Å². The quantitative estimate of drug-likeness (QED) is 0.770. The Hall–Kier alpha value is -2.14. The maximum absolute atomic E-state index is 13.6. The molecule has 3 aromatic rings. The van der Waals surface area contributed by atoms with Gasteiger partial charge < -0.3 is 5.73 Å². The molecule has 20 heavy (non-hydrogen) atoms. The highest BCUT2D eigenvalue weighted by atomic mass is 79.9. The summed E-state index contributed by atoms with van der Waals surface area (Å²) >= 11 is 3.13. The maximum Gasteiger partial charge on any atom is 0.138 e. The molecule has 0 aliphatic heterocycles. The lowest BCUT2D eigenvalue weighted by molar-refractivity contribution is 0.621. The molecule has 0 saturated carbocycles. The number of rotatable bonds is 2. The largest absolute Gasteiger partial charge is 0.384 e. The van der Waals surface area contributed by atoms with Crippen molar-refractivity contribution in [1.29, 1.82) is 0 Å². The fourth-order valence-electron chi connectivity index (χ4n) is 1.97. The summed E-state index contributed by atoms with van der Waals surface area (Å²) in [6, 6.07) is 16.2. The standard InChI is InChI=1S/C15H11BrFN3/c16-12-7-6-10(8-13(12)17)14-9-15(18)20(19-14)11-4-2-1-3-5-11/h1-9H,18H2. The second kappa shape index (κ2) is 5.09. The van der Waals surface area contributed by atoms with Crippen molar-refractivity contribution in [2.75, 3.05) is 5.73 Å². The Morgan fingerprint density at radius 3 is 2.50 bits per heavy atom. The minimum atomic E-state index is -0.324. The third-order valence-electron chi connectivity index (χ3n) is 2.95. The molecule has 3 rings (SSSR count). The molecule has 0 fully saturated rings. The Labute approximate surface area is 124 Å². The number of nitrogens with zero attached hydrogens (tertiary/aromatic N) is 2. The van der Waals surface area contributed by atoms with Crippen LogP contribution in [-0.2, 0) is 0 Å². The Morgan fingerprint density at radius 1 is 1.05 bits per heavy atom. The van der Waals surface area contributed by atoms with Gasteiger partial charge in [0.1, 0.15) is 11.6 Å². The molecule has 2 aromatic carbocycles. The second-order valence-electron chi connectivity index (χ2n) is 4.33. The van der Waals surface area contributed by atoms with Crippen LogP contribution in [0.25, 0.3) is 16.9 Å². The van der Waals surface area contributed by atoms with Crippen LogP contribution in [-0.4, -0.2) is 9.78 Å². The van der Waals surface area contributed by atoms with Crippen molar-refractivity contribution in [3.8, 4) is 16.9 Å². The first-order valence-electron chi connectivity index (χ1n) is 6.01. The molecule has 0 saturated heterocycles. The van der Waals surface area contributed by atoms with Gasteiger partial charge in [0, 0.05) is 11.6 Å². The molecule has 3 nitrogen and oxygen atoms in total. The number of nitrogens with two attached hydrogens (primary N) is 1. The molecule has 5 heteroatoms. The smallest absolute Gasteiger partial charge is 0.138 e. The molecular weight excluding hydrogens is 321 g/mol. The van der Waals surface area contributed by atoms with Crippen molar-refractivity contribution in [3.63, 3.8) is 0 Å². The van der Waals surface area contributed by atoms with E-state index in [1.165, 1.54) is 6.07 Å². The minimum Gasteiger partial charge on any atom is -0.384 e. The van der Waals surface area contributed by atoms with Gasteiger partial charge in [0.2, 0.25) is 0 Å². The molecule has 0 unspecified atom stereocenters. The van der Waals surface area contributed by atoms with E-state index in [1.807, 2.05) is 30.3 Å². The zero-order valence-corrected chi connectivity index (χ0v) is 12.0. The first-order chi connectivity index (χ1) is 9.65. The highest BCUT2D eigenvalue weighted by Crippen LogP contribution is 2.26. The van der Waals surface area contributed by atoms with Crippen LogP contribution in [0.1, 0.15) is 0 Å². The van der Waals surface area contributed by atoms with E-state index in [0.717, 1.165) is 5.69 Å². The summed E-state index contributed by atoms with van der Waals surface area (Å²) in [5, 5.41) is 4.43. The van der Waals surface area contributed by atoms with Crippen LogP contribution in [0.3, 0.4) is 0 Å². The number of anilines is 1. The van der Waals surface area contributed by atoms with E-state index in [9.17, 15) is 4.39 Å². The lowest BCUT2D eigenvalue weighted by Crippen LogP contribution is -2.01. The zero-order chi connectivity index (χ0) is 14.1. The molecule has 0 atom stereocenters.